The summed E-state index contributed by atoms with van der Waals surface area (Å²) in [4.78, 5) is 72.9. The fraction of sp³-hybridized carbons (Fsp3) is 0.951. The third-order valence-electron chi connectivity index (χ3n) is 19.0. The predicted octanol–water partition coefficient (Wildman–Crippen LogP) is 24.4. The number of esters is 4. The summed E-state index contributed by atoms with van der Waals surface area (Å²) >= 11 is 0. The van der Waals surface area contributed by atoms with E-state index in [9.17, 15) is 43.2 Å². The number of unbranched alkanes of at least 4 members (excludes halogenated alkanes) is 53. The van der Waals surface area contributed by atoms with Gasteiger partial charge in [-0.05, 0) is 31.6 Å². The molecule has 0 bridgehead atoms. The highest BCUT2D eigenvalue weighted by Gasteiger charge is 2.30. The van der Waals surface area contributed by atoms with E-state index in [1.54, 1.807) is 0 Å². The van der Waals surface area contributed by atoms with Crippen LogP contribution in [0.15, 0.2) is 0 Å². The summed E-state index contributed by atoms with van der Waals surface area (Å²) in [6.07, 6.45) is 65.3. The highest BCUT2D eigenvalue weighted by atomic mass is 31.2. The number of carbonyl (C=O) groups excluding carboxylic acids is 4. The third kappa shape index (κ3) is 74.3. The number of rotatable bonds is 81. The van der Waals surface area contributed by atoms with E-state index in [1.165, 1.54) is 257 Å². The molecular formula is C81H158O17P2. The summed E-state index contributed by atoms with van der Waals surface area (Å²) in [5.41, 5.74) is 0. The van der Waals surface area contributed by atoms with Crippen molar-refractivity contribution in [1.82, 2.24) is 0 Å². The Morgan fingerprint density at radius 1 is 0.270 bits per heavy atom. The maximum absolute atomic E-state index is 13.1. The van der Waals surface area contributed by atoms with Gasteiger partial charge < -0.3 is 33.8 Å². The lowest BCUT2D eigenvalue weighted by molar-refractivity contribution is -0.161. The van der Waals surface area contributed by atoms with E-state index in [0.29, 0.717) is 25.7 Å². The Bertz CT molecular complexity index is 1910. The summed E-state index contributed by atoms with van der Waals surface area (Å²) in [7, 11) is -9.91. The molecule has 0 saturated heterocycles. The predicted molar refractivity (Wildman–Crippen MR) is 409 cm³/mol. The molecule has 0 aromatic carbocycles. The zero-order chi connectivity index (χ0) is 73.4. The van der Waals surface area contributed by atoms with Gasteiger partial charge in [0.15, 0.2) is 12.2 Å². The number of ether oxygens (including phenoxy) is 4. The molecule has 0 saturated carbocycles. The lowest BCUT2D eigenvalue weighted by Crippen LogP contribution is -2.30. The molecule has 0 aliphatic carbocycles. The summed E-state index contributed by atoms with van der Waals surface area (Å²) in [6.45, 7) is 7.34. The largest absolute Gasteiger partial charge is 0.472 e. The molecule has 0 amide bonds. The molecule has 0 aliphatic rings. The fourth-order valence-corrected chi connectivity index (χ4v) is 14.2. The molecule has 2 unspecified atom stereocenters. The molecule has 0 aromatic rings. The maximum Gasteiger partial charge on any atom is 0.472 e. The Morgan fingerprint density at radius 2 is 0.460 bits per heavy atom. The van der Waals surface area contributed by atoms with Crippen LogP contribution in [0.5, 0.6) is 0 Å². The van der Waals surface area contributed by atoms with Crippen molar-refractivity contribution in [1.29, 1.82) is 0 Å². The van der Waals surface area contributed by atoms with Crippen LogP contribution in [-0.2, 0) is 65.4 Å². The quantitative estimate of drug-likeness (QED) is 0.0222. The second kappa shape index (κ2) is 73.9. The van der Waals surface area contributed by atoms with Crippen molar-refractivity contribution in [3.63, 3.8) is 0 Å². The van der Waals surface area contributed by atoms with Gasteiger partial charge >= 0.3 is 39.5 Å². The average molecular weight is 1470 g/mol. The van der Waals surface area contributed by atoms with E-state index < -0.39 is 97.5 Å². The van der Waals surface area contributed by atoms with Gasteiger partial charge in [-0.2, -0.15) is 0 Å². The van der Waals surface area contributed by atoms with E-state index in [0.717, 1.165) is 95.8 Å². The highest BCUT2D eigenvalue weighted by Crippen LogP contribution is 2.45. The minimum Gasteiger partial charge on any atom is -0.462 e. The van der Waals surface area contributed by atoms with Gasteiger partial charge in [0.25, 0.3) is 0 Å². The molecule has 0 aliphatic heterocycles. The molecule has 17 nitrogen and oxygen atoms in total. The van der Waals surface area contributed by atoms with E-state index in [2.05, 4.69) is 34.6 Å². The number of aliphatic hydroxyl groups excluding tert-OH is 1. The van der Waals surface area contributed by atoms with Crippen LogP contribution in [0.25, 0.3) is 0 Å². The first-order valence-electron chi connectivity index (χ1n) is 42.1. The van der Waals surface area contributed by atoms with E-state index in [-0.39, 0.29) is 25.7 Å². The van der Waals surface area contributed by atoms with Gasteiger partial charge in [0, 0.05) is 25.7 Å². The molecular weight excluding hydrogens is 1310 g/mol. The first kappa shape index (κ1) is 98.1. The molecule has 0 aromatic heterocycles. The molecule has 0 rings (SSSR count). The molecule has 5 atom stereocenters. The second-order valence-electron chi connectivity index (χ2n) is 29.6. The first-order chi connectivity index (χ1) is 48.5. The van der Waals surface area contributed by atoms with Crippen LogP contribution in [0, 0.1) is 5.92 Å². The normalized spacial score (nSPS) is 13.8. The SMILES string of the molecule is CCCCCCCCCCCCCCCCCCCCCC(=O)O[C@H](COC(=O)CCCCCCCCCCCCCCCCCC(C)C)COP(=O)(O)OC[C@@H](O)COP(=O)(O)OC[C@@H](COC(=O)CCCCCCCCCC)OC(=O)CCCCCCCCCCCCCCCCC. The minimum atomic E-state index is -4.96. The minimum absolute atomic E-state index is 0.108. The molecule has 0 radical (unpaired) electrons. The number of aliphatic hydroxyl groups is 1. The zero-order valence-corrected chi connectivity index (χ0v) is 67.1. The smallest absolute Gasteiger partial charge is 0.462 e. The van der Waals surface area contributed by atoms with Crippen LogP contribution in [0.1, 0.15) is 433 Å². The summed E-state index contributed by atoms with van der Waals surface area (Å²) in [5, 5.41) is 10.6. The topological polar surface area (TPSA) is 237 Å². The standard InChI is InChI=1S/C81H158O17P2/c1-6-9-12-15-18-21-23-25-27-28-29-30-34-39-43-47-52-57-62-67-81(86)98-77(71-92-79(84)65-60-55-50-45-41-37-35-31-33-36-40-44-48-53-58-63-74(4)5)73-96-100(89,90)94-69-75(82)68-93-99(87,88)95-72-76(70-91-78(83)64-59-54-49-20-17-14-11-8-3)97-80(85)66-61-56-51-46-42-38-32-26-24-22-19-16-13-10-7-2/h74-77,82H,6-73H2,1-5H3,(H,87,88)(H,89,90)/t75-,76+,77+/m0/s1. The van der Waals surface area contributed by atoms with E-state index >= 15 is 0 Å². The number of carbonyl (C=O) groups is 4. The van der Waals surface area contributed by atoms with Crippen molar-refractivity contribution in [2.24, 2.45) is 5.92 Å². The van der Waals surface area contributed by atoms with Gasteiger partial charge in [-0.15, -0.1) is 0 Å². The molecule has 594 valence electrons. The Labute approximate surface area is 613 Å². The molecule has 100 heavy (non-hydrogen) atoms. The maximum atomic E-state index is 13.1. The van der Waals surface area contributed by atoms with Crippen LogP contribution in [0.4, 0.5) is 0 Å². The first-order valence-corrected chi connectivity index (χ1v) is 45.1. The monoisotopic (exact) mass is 1470 g/mol. The van der Waals surface area contributed by atoms with Gasteiger partial charge in [0.05, 0.1) is 26.4 Å². The lowest BCUT2D eigenvalue weighted by atomic mass is 10.0. The molecule has 19 heteroatoms. The zero-order valence-electron chi connectivity index (χ0n) is 65.3. The molecule has 0 fully saturated rings. The van der Waals surface area contributed by atoms with Gasteiger partial charge in [0.2, 0.25) is 0 Å². The average Bonchev–Trinajstić information content (AvgIpc) is 0.926. The Kier molecular flexibility index (Phi) is 72.5. The van der Waals surface area contributed by atoms with Crippen LogP contribution >= 0.6 is 15.6 Å². The van der Waals surface area contributed by atoms with Gasteiger partial charge in [-0.3, -0.25) is 37.3 Å². The molecule has 0 spiro atoms. The van der Waals surface area contributed by atoms with E-state index in [4.69, 9.17) is 37.0 Å². The molecule has 0 heterocycles. The highest BCUT2D eigenvalue weighted by molar-refractivity contribution is 7.47. The van der Waals surface area contributed by atoms with Crippen LogP contribution in [0.3, 0.4) is 0 Å². The van der Waals surface area contributed by atoms with Gasteiger partial charge in [-0.1, -0.05) is 381 Å². The number of hydrogen-bond acceptors (Lipinski definition) is 15. The second-order valence-corrected chi connectivity index (χ2v) is 32.5. The van der Waals surface area contributed by atoms with Crippen LogP contribution in [0.2, 0.25) is 0 Å². The van der Waals surface area contributed by atoms with Crippen LogP contribution in [-0.4, -0.2) is 96.7 Å². The van der Waals surface area contributed by atoms with Crippen molar-refractivity contribution in [3.05, 3.63) is 0 Å². The Morgan fingerprint density at radius 3 is 0.680 bits per heavy atom. The van der Waals surface area contributed by atoms with Crippen LogP contribution < -0.4 is 0 Å². The van der Waals surface area contributed by atoms with E-state index in [1.807, 2.05) is 0 Å². The number of phosphoric acid groups is 2. The van der Waals surface area contributed by atoms with Gasteiger partial charge in [-0.25, -0.2) is 9.13 Å². The van der Waals surface area contributed by atoms with Crippen molar-refractivity contribution in [2.75, 3.05) is 39.6 Å². The number of hydrogen-bond donors (Lipinski definition) is 3. The number of phosphoric ester groups is 2. The fourth-order valence-electron chi connectivity index (χ4n) is 12.6. The van der Waals surface area contributed by atoms with Crippen molar-refractivity contribution < 1.29 is 80.2 Å². The summed E-state index contributed by atoms with van der Waals surface area (Å²) < 4.78 is 68.7. The summed E-state index contributed by atoms with van der Waals surface area (Å²) in [5.74, 6) is -1.30. The summed E-state index contributed by atoms with van der Waals surface area (Å²) in [6, 6.07) is 0. The Balaban J connectivity index is 5.20. The third-order valence-corrected chi connectivity index (χ3v) is 20.9. The van der Waals surface area contributed by atoms with Crippen molar-refractivity contribution in [3.8, 4) is 0 Å². The lowest BCUT2D eigenvalue weighted by Gasteiger charge is -2.21. The Hall–Kier alpha value is -1.94. The van der Waals surface area contributed by atoms with Crippen molar-refractivity contribution in [2.45, 2.75) is 451 Å². The van der Waals surface area contributed by atoms with Gasteiger partial charge in [0.1, 0.15) is 19.3 Å². The molecule has 3 N–H and O–H groups in total. The van der Waals surface area contributed by atoms with Crippen molar-refractivity contribution >= 4 is 39.5 Å².